The third-order valence-corrected chi connectivity index (χ3v) is 5.57. The molecule has 1 amide bonds. The molecule has 3 rings (SSSR count). The maximum absolute atomic E-state index is 13.4. The lowest BCUT2D eigenvalue weighted by molar-refractivity contribution is 0.0773. The first-order chi connectivity index (χ1) is 14.0. The van der Waals surface area contributed by atoms with Gasteiger partial charge in [0.25, 0.3) is 5.91 Å². The molecule has 4 heteroatoms. The Morgan fingerprint density at radius 3 is 1.90 bits per heavy atom. The first-order valence-electron chi connectivity index (χ1n) is 10.5. The molecule has 152 valence electrons. The van der Waals surface area contributed by atoms with Crippen LogP contribution in [0.2, 0.25) is 0 Å². The topological polar surface area (TPSA) is 49.4 Å². The van der Waals surface area contributed by atoms with E-state index in [1.807, 2.05) is 69.3 Å². The molecule has 1 aliphatic rings. The fourth-order valence-corrected chi connectivity index (χ4v) is 3.80. The van der Waals surface area contributed by atoms with Crippen LogP contribution < -0.4 is 5.32 Å². The van der Waals surface area contributed by atoms with Gasteiger partial charge < -0.3 is 10.2 Å². The van der Waals surface area contributed by atoms with Crippen molar-refractivity contribution in [2.24, 2.45) is 0 Å². The monoisotopic (exact) mass is 390 g/mol. The summed E-state index contributed by atoms with van der Waals surface area (Å²) in [7, 11) is 0. The molecule has 2 aromatic carbocycles. The molecule has 0 atom stereocenters. The molecule has 29 heavy (non-hydrogen) atoms. The predicted molar refractivity (Wildman–Crippen MR) is 118 cm³/mol. The average molecular weight is 391 g/mol. The van der Waals surface area contributed by atoms with Crippen molar-refractivity contribution in [3.8, 4) is 0 Å². The van der Waals surface area contributed by atoms with Gasteiger partial charge in [0, 0.05) is 29.8 Å². The number of hydrogen-bond donors (Lipinski definition) is 1. The van der Waals surface area contributed by atoms with Crippen molar-refractivity contribution >= 4 is 17.3 Å². The van der Waals surface area contributed by atoms with Crippen molar-refractivity contribution in [2.75, 3.05) is 26.2 Å². The van der Waals surface area contributed by atoms with Gasteiger partial charge >= 0.3 is 0 Å². The maximum atomic E-state index is 13.4. The smallest absolute Gasteiger partial charge is 0.253 e. The van der Waals surface area contributed by atoms with Gasteiger partial charge in [-0.25, -0.2) is 0 Å². The van der Waals surface area contributed by atoms with E-state index in [1.54, 1.807) is 4.90 Å². The molecule has 0 aromatic heterocycles. The highest BCUT2D eigenvalue weighted by molar-refractivity contribution is 6.29. The molecule has 0 unspecified atom stereocenters. The third-order valence-electron chi connectivity index (χ3n) is 5.57. The zero-order valence-electron chi connectivity index (χ0n) is 17.6. The second-order valence-electron chi connectivity index (χ2n) is 7.48. The Labute approximate surface area is 173 Å². The van der Waals surface area contributed by atoms with Crippen LogP contribution in [0.4, 0.5) is 0 Å². The Hall–Kier alpha value is -2.72. The Morgan fingerprint density at radius 1 is 0.828 bits per heavy atom. The van der Waals surface area contributed by atoms with Crippen LogP contribution in [0.25, 0.3) is 5.57 Å². The van der Waals surface area contributed by atoms with E-state index in [0.717, 1.165) is 42.6 Å². The lowest BCUT2D eigenvalue weighted by atomic mass is 9.88. The summed E-state index contributed by atoms with van der Waals surface area (Å²) in [5, 5.41) is 3.36. The van der Waals surface area contributed by atoms with Crippen molar-refractivity contribution in [2.45, 2.75) is 33.6 Å². The van der Waals surface area contributed by atoms with E-state index >= 15 is 0 Å². The summed E-state index contributed by atoms with van der Waals surface area (Å²) < 4.78 is 0. The molecular formula is C25H30N2O2. The Bertz CT molecular complexity index is 883. The van der Waals surface area contributed by atoms with Gasteiger partial charge in [-0.2, -0.15) is 0 Å². The molecule has 4 nitrogen and oxygen atoms in total. The van der Waals surface area contributed by atoms with E-state index in [0.29, 0.717) is 24.2 Å². The van der Waals surface area contributed by atoms with Crippen LogP contribution in [0, 0.1) is 6.92 Å². The van der Waals surface area contributed by atoms with Gasteiger partial charge in [-0.3, -0.25) is 9.59 Å². The van der Waals surface area contributed by atoms with Gasteiger partial charge in [-0.05, 0) is 64.4 Å². The largest absolute Gasteiger partial charge is 0.339 e. The molecule has 1 N–H and O–H groups in total. The molecule has 0 aliphatic carbocycles. The van der Waals surface area contributed by atoms with E-state index in [2.05, 4.69) is 5.32 Å². The normalized spacial score (nSPS) is 13.8. The number of nitrogens with zero attached hydrogens (tertiary/aromatic N) is 1. The number of rotatable bonds is 6. The second kappa shape index (κ2) is 9.66. The summed E-state index contributed by atoms with van der Waals surface area (Å²) in [6.45, 7) is 9.13. The maximum Gasteiger partial charge on any atom is 0.253 e. The zero-order chi connectivity index (χ0) is 20.8. The summed E-state index contributed by atoms with van der Waals surface area (Å²) in [6, 6.07) is 15.3. The number of Topliss-reactive ketones (excluding diaryl/α,β-unsaturated/α-hetero) is 1. The number of ketones is 1. The van der Waals surface area contributed by atoms with Crippen LogP contribution in [0.1, 0.15) is 58.5 Å². The highest BCUT2D eigenvalue weighted by atomic mass is 16.2. The van der Waals surface area contributed by atoms with Gasteiger partial charge in [-0.1, -0.05) is 47.5 Å². The molecule has 2 aromatic rings. The van der Waals surface area contributed by atoms with E-state index in [9.17, 15) is 9.59 Å². The van der Waals surface area contributed by atoms with Gasteiger partial charge in [-0.15, -0.1) is 0 Å². The molecule has 0 saturated carbocycles. The van der Waals surface area contributed by atoms with Crippen molar-refractivity contribution < 1.29 is 9.59 Å². The first-order valence-corrected chi connectivity index (χ1v) is 10.5. The van der Waals surface area contributed by atoms with Crippen LogP contribution in [-0.2, 0) is 0 Å². The number of carbonyl (C=O) groups excluding carboxylic acids is 2. The van der Waals surface area contributed by atoms with Crippen molar-refractivity contribution in [1.82, 2.24) is 10.2 Å². The fraction of sp³-hybridized carbons (Fsp3) is 0.360. The predicted octanol–water partition coefficient (Wildman–Crippen LogP) is 4.50. The third kappa shape index (κ3) is 4.83. The van der Waals surface area contributed by atoms with Gasteiger partial charge in [0.2, 0.25) is 0 Å². The second-order valence-corrected chi connectivity index (χ2v) is 7.48. The number of aryl methyl sites for hydroxylation is 1. The van der Waals surface area contributed by atoms with E-state index in [1.165, 1.54) is 5.57 Å². The van der Waals surface area contributed by atoms with Gasteiger partial charge in [0.05, 0.1) is 0 Å². The number of piperidine rings is 1. The zero-order valence-corrected chi connectivity index (χ0v) is 17.6. The van der Waals surface area contributed by atoms with Crippen LogP contribution in [0.3, 0.4) is 0 Å². The lowest BCUT2D eigenvalue weighted by Crippen LogP contribution is -2.30. The minimum absolute atomic E-state index is 0.0301. The number of hydrogen-bond acceptors (Lipinski definition) is 3. The summed E-state index contributed by atoms with van der Waals surface area (Å²) >= 11 is 0. The van der Waals surface area contributed by atoms with Crippen molar-refractivity contribution in [1.29, 1.82) is 0 Å². The Morgan fingerprint density at radius 2 is 1.34 bits per heavy atom. The SMILES string of the molecule is CCN(CC)C(=O)c1ccc(C(C(=O)c2ccc(C)cc2)=C2CCNCC2)cc1. The summed E-state index contributed by atoms with van der Waals surface area (Å²) in [6.07, 6.45) is 1.74. The average Bonchev–Trinajstić information content (AvgIpc) is 2.76. The standard InChI is InChI=1S/C25H30N2O2/c1-4-27(5-2)25(29)22-12-10-19(11-13-22)23(20-14-16-26-17-15-20)24(28)21-8-6-18(3)7-9-21/h6-13,26H,4-5,14-17H2,1-3H3. The fourth-order valence-electron chi connectivity index (χ4n) is 3.80. The van der Waals surface area contributed by atoms with Gasteiger partial charge in [0.15, 0.2) is 5.78 Å². The summed E-state index contributed by atoms with van der Waals surface area (Å²) in [5.41, 5.74) is 5.38. The van der Waals surface area contributed by atoms with Crippen molar-refractivity contribution in [3.05, 3.63) is 76.4 Å². The molecule has 0 spiro atoms. The Balaban J connectivity index is 1.98. The van der Waals surface area contributed by atoms with Crippen LogP contribution >= 0.6 is 0 Å². The number of allylic oxidation sites excluding steroid dienone is 1. The molecule has 1 aliphatic heterocycles. The first kappa shape index (κ1) is 21.0. The van der Waals surface area contributed by atoms with E-state index in [4.69, 9.17) is 0 Å². The van der Waals surface area contributed by atoms with Crippen LogP contribution in [0.15, 0.2) is 54.1 Å². The van der Waals surface area contributed by atoms with E-state index in [-0.39, 0.29) is 11.7 Å². The molecule has 0 bridgehead atoms. The minimum atomic E-state index is 0.0301. The van der Waals surface area contributed by atoms with Crippen molar-refractivity contribution in [3.63, 3.8) is 0 Å². The summed E-state index contributed by atoms with van der Waals surface area (Å²) in [4.78, 5) is 27.8. The molecule has 1 heterocycles. The quantitative estimate of drug-likeness (QED) is 0.584. The molecule has 1 fully saturated rings. The highest BCUT2D eigenvalue weighted by Gasteiger charge is 2.21. The number of amides is 1. The molecule has 0 radical (unpaired) electrons. The van der Waals surface area contributed by atoms with Gasteiger partial charge in [0.1, 0.15) is 0 Å². The Kier molecular flexibility index (Phi) is 6.99. The number of benzene rings is 2. The summed E-state index contributed by atoms with van der Waals surface area (Å²) in [5.74, 6) is 0.0900. The van der Waals surface area contributed by atoms with Crippen LogP contribution in [0.5, 0.6) is 0 Å². The number of nitrogens with one attached hydrogen (secondary N) is 1. The molecular weight excluding hydrogens is 360 g/mol. The lowest BCUT2D eigenvalue weighted by Gasteiger charge is -2.21. The molecule has 1 saturated heterocycles. The number of carbonyl (C=O) groups is 2. The van der Waals surface area contributed by atoms with E-state index < -0.39 is 0 Å². The minimum Gasteiger partial charge on any atom is -0.339 e. The van der Waals surface area contributed by atoms with Crippen LogP contribution in [-0.4, -0.2) is 42.8 Å². The highest BCUT2D eigenvalue weighted by Crippen LogP contribution is 2.29.